The van der Waals surface area contributed by atoms with Gasteiger partial charge in [-0.25, -0.2) is 4.79 Å². The molecule has 2 aliphatic rings. The van der Waals surface area contributed by atoms with Gasteiger partial charge in [0.15, 0.2) is 0 Å². The molecule has 8 rings (SSSR count). The standard InChI is InChI=1S/C27H30ClN3O2.C21H19ClN2O2.C6H13NO/c1-26(2,3)24-14-18(8-10-30-24)20-12-21(16-29-15-20)22-7-6-19(13-23(22)28)25(32)31-11-5-9-27(4,33)17-31;1-21(2,3)19-10-13(6-7-24-19)15-8-16(12-23-11-15)17-5-4-14(20(25)26)9-18(17)22;1-6(8)3-2-4-7-5-6/h6-8,10,12-16,33H,5,9,11,17H2,1-4H3;4-12H,1-3H3,(H,25,26);7-8H,2-5H2,1H3. The quantitative estimate of drug-likeness (QED) is 0.126. The lowest BCUT2D eigenvalue weighted by atomic mass is 9.90. The lowest BCUT2D eigenvalue weighted by molar-refractivity contribution is -0.0107. The van der Waals surface area contributed by atoms with E-state index in [1.807, 2.05) is 43.6 Å². The average Bonchev–Trinajstić information content (AvgIpc) is 3.28. The van der Waals surface area contributed by atoms with Gasteiger partial charge in [-0.3, -0.25) is 24.7 Å². The monoisotopic (exact) mass is 944 g/mol. The molecule has 6 heterocycles. The van der Waals surface area contributed by atoms with E-state index in [2.05, 4.69) is 85.0 Å². The second-order valence-corrected chi connectivity index (χ2v) is 20.9. The van der Waals surface area contributed by atoms with Gasteiger partial charge in [0, 0.05) is 128 Å². The molecule has 0 saturated carbocycles. The molecule has 0 radical (unpaired) electrons. The van der Waals surface area contributed by atoms with Gasteiger partial charge in [0.25, 0.3) is 5.91 Å². The smallest absolute Gasteiger partial charge is 0.335 e. The summed E-state index contributed by atoms with van der Waals surface area (Å²) in [5.74, 6) is -1.11. The number of likely N-dealkylation sites (tertiary alicyclic amines) is 1. The topological polar surface area (TPSA) is 162 Å². The maximum atomic E-state index is 13.0. The molecule has 1 amide bonds. The van der Waals surface area contributed by atoms with Crippen molar-refractivity contribution in [1.29, 1.82) is 0 Å². The molecule has 6 aromatic rings. The number of β-amino-alcohol motifs (C(OH)–C–C–N with tert-alkyl or cyclic N) is 2. The number of benzene rings is 2. The van der Waals surface area contributed by atoms with Crippen LogP contribution in [0.2, 0.25) is 10.0 Å². The highest BCUT2D eigenvalue weighted by Gasteiger charge is 2.31. The van der Waals surface area contributed by atoms with Gasteiger partial charge in [-0.1, -0.05) is 76.9 Å². The highest BCUT2D eigenvalue weighted by atomic mass is 35.5. The molecule has 2 aliphatic heterocycles. The zero-order valence-electron chi connectivity index (χ0n) is 39.7. The van der Waals surface area contributed by atoms with Gasteiger partial charge in [-0.2, -0.15) is 0 Å². The van der Waals surface area contributed by atoms with Gasteiger partial charge >= 0.3 is 5.97 Å². The molecule has 352 valence electrons. The number of piperidine rings is 2. The van der Waals surface area contributed by atoms with Crippen LogP contribution in [0.4, 0.5) is 0 Å². The molecule has 0 spiro atoms. The maximum Gasteiger partial charge on any atom is 0.335 e. The van der Waals surface area contributed by atoms with E-state index in [1.54, 1.807) is 60.9 Å². The van der Waals surface area contributed by atoms with Crippen LogP contribution in [-0.2, 0) is 10.8 Å². The predicted molar refractivity (Wildman–Crippen MR) is 269 cm³/mol. The number of rotatable bonds is 6. The Balaban J connectivity index is 0.000000193. The van der Waals surface area contributed by atoms with Crippen molar-refractivity contribution in [3.05, 3.63) is 143 Å². The van der Waals surface area contributed by atoms with Crippen LogP contribution >= 0.6 is 23.2 Å². The summed E-state index contributed by atoms with van der Waals surface area (Å²) in [6, 6.07) is 22.2. The Morgan fingerprint density at radius 1 is 0.627 bits per heavy atom. The fourth-order valence-corrected chi connectivity index (χ4v) is 8.49. The Morgan fingerprint density at radius 3 is 1.52 bits per heavy atom. The number of carboxylic acid groups (broad SMARTS) is 1. The van der Waals surface area contributed by atoms with Crippen molar-refractivity contribution in [2.24, 2.45) is 0 Å². The molecule has 4 N–H and O–H groups in total. The van der Waals surface area contributed by atoms with Crippen LogP contribution in [-0.4, -0.2) is 89.4 Å². The minimum absolute atomic E-state index is 0.0446. The number of nitrogens with one attached hydrogen (secondary N) is 1. The molecular formula is C54H62Cl2N6O5. The third-order valence-electron chi connectivity index (χ3n) is 11.8. The molecule has 2 fully saturated rings. The number of carbonyl (C=O) groups excluding carboxylic acids is 1. The lowest BCUT2D eigenvalue weighted by Gasteiger charge is -2.36. The highest BCUT2D eigenvalue weighted by Crippen LogP contribution is 2.35. The summed E-state index contributed by atoms with van der Waals surface area (Å²) in [5.41, 5.74) is 8.61. The average molecular weight is 946 g/mol. The van der Waals surface area contributed by atoms with E-state index in [4.69, 9.17) is 28.3 Å². The molecule has 0 aliphatic carbocycles. The fraction of sp³-hybridized carbons (Fsp3) is 0.370. The van der Waals surface area contributed by atoms with Crippen LogP contribution in [0.3, 0.4) is 0 Å². The number of aromatic carboxylic acids is 1. The van der Waals surface area contributed by atoms with Crippen LogP contribution in [0.1, 0.15) is 113 Å². The van der Waals surface area contributed by atoms with Crippen LogP contribution in [0.5, 0.6) is 0 Å². The number of halogens is 2. The second kappa shape index (κ2) is 21.2. The summed E-state index contributed by atoms with van der Waals surface area (Å²) in [6.07, 6.45) is 14.3. The van der Waals surface area contributed by atoms with Crippen molar-refractivity contribution in [3.8, 4) is 44.5 Å². The highest BCUT2D eigenvalue weighted by molar-refractivity contribution is 6.34. The number of amides is 1. The number of carboxylic acids is 1. The van der Waals surface area contributed by atoms with Crippen molar-refractivity contribution in [1.82, 2.24) is 30.2 Å². The minimum Gasteiger partial charge on any atom is -0.478 e. The third kappa shape index (κ3) is 13.8. The van der Waals surface area contributed by atoms with Gasteiger partial charge in [0.2, 0.25) is 0 Å². The molecule has 2 atom stereocenters. The SMILES string of the molecule is CC(C)(C)c1cc(-c2cncc(-c3ccc(C(=O)O)cc3Cl)c2)ccn1.CC1(O)CCCN(C(=O)c2ccc(-c3cncc(-c4ccnc(C(C)(C)C)c4)c3)c(Cl)c2)C1.CC1(O)CCCNC1. The largest absolute Gasteiger partial charge is 0.478 e. The van der Waals surface area contributed by atoms with E-state index in [-0.39, 0.29) is 22.3 Å². The fourth-order valence-electron chi connectivity index (χ4n) is 7.91. The summed E-state index contributed by atoms with van der Waals surface area (Å²) in [6.45, 7) is 19.2. The van der Waals surface area contributed by atoms with Crippen LogP contribution < -0.4 is 5.32 Å². The Kier molecular flexibility index (Phi) is 16.1. The van der Waals surface area contributed by atoms with Crippen molar-refractivity contribution < 1.29 is 24.9 Å². The predicted octanol–water partition coefficient (Wildman–Crippen LogP) is 11.3. The number of aromatic nitrogens is 4. The first kappa shape index (κ1) is 50.8. The lowest BCUT2D eigenvalue weighted by Crippen LogP contribution is -2.48. The number of nitrogens with zero attached hydrogens (tertiary/aromatic N) is 5. The molecule has 4 aromatic heterocycles. The van der Waals surface area contributed by atoms with Crippen molar-refractivity contribution in [2.45, 2.75) is 103 Å². The minimum atomic E-state index is -1.00. The number of carbonyl (C=O) groups is 2. The Hall–Kier alpha value is -5.56. The number of hydrogen-bond acceptors (Lipinski definition) is 9. The number of hydrogen-bond donors (Lipinski definition) is 4. The Morgan fingerprint density at radius 2 is 1.10 bits per heavy atom. The first-order valence-corrected chi connectivity index (χ1v) is 23.4. The zero-order chi connectivity index (χ0) is 48.7. The molecular weight excluding hydrogens is 884 g/mol. The Labute approximate surface area is 404 Å². The number of aliphatic hydroxyl groups is 2. The van der Waals surface area contributed by atoms with Crippen LogP contribution in [0, 0.1) is 0 Å². The normalized spacial score (nSPS) is 18.5. The molecule has 67 heavy (non-hydrogen) atoms. The van der Waals surface area contributed by atoms with Gasteiger partial charge in [-0.05, 0) is 118 Å². The molecule has 2 unspecified atom stereocenters. The summed E-state index contributed by atoms with van der Waals surface area (Å²) in [4.78, 5) is 43.5. The van der Waals surface area contributed by atoms with E-state index in [0.29, 0.717) is 35.1 Å². The third-order valence-corrected chi connectivity index (χ3v) is 12.4. The maximum absolute atomic E-state index is 13.0. The first-order chi connectivity index (χ1) is 31.5. The Bertz CT molecular complexity index is 2700. The molecule has 13 heteroatoms. The summed E-state index contributed by atoms with van der Waals surface area (Å²) in [7, 11) is 0. The molecule has 2 aromatic carbocycles. The van der Waals surface area contributed by atoms with E-state index >= 15 is 0 Å². The van der Waals surface area contributed by atoms with Gasteiger partial charge < -0.3 is 25.5 Å². The summed E-state index contributed by atoms with van der Waals surface area (Å²) in [5, 5.41) is 32.7. The number of pyridine rings is 4. The zero-order valence-corrected chi connectivity index (χ0v) is 41.2. The van der Waals surface area contributed by atoms with E-state index in [0.717, 1.165) is 88.2 Å². The van der Waals surface area contributed by atoms with E-state index in [9.17, 15) is 19.8 Å². The van der Waals surface area contributed by atoms with Crippen molar-refractivity contribution in [3.63, 3.8) is 0 Å². The second-order valence-electron chi connectivity index (χ2n) is 20.1. The molecule has 0 bridgehead atoms. The molecule has 11 nitrogen and oxygen atoms in total. The van der Waals surface area contributed by atoms with Crippen molar-refractivity contribution in [2.75, 3.05) is 26.2 Å². The molecule has 2 saturated heterocycles. The van der Waals surface area contributed by atoms with Gasteiger partial charge in [0.05, 0.1) is 16.8 Å². The summed E-state index contributed by atoms with van der Waals surface area (Å²) >= 11 is 12.9. The van der Waals surface area contributed by atoms with E-state index < -0.39 is 17.2 Å². The van der Waals surface area contributed by atoms with Crippen LogP contribution in [0.15, 0.2) is 110 Å². The first-order valence-electron chi connectivity index (χ1n) is 22.6. The summed E-state index contributed by atoms with van der Waals surface area (Å²) < 4.78 is 0. The van der Waals surface area contributed by atoms with Gasteiger partial charge in [-0.15, -0.1) is 0 Å². The van der Waals surface area contributed by atoms with Crippen LogP contribution in [0.25, 0.3) is 44.5 Å². The van der Waals surface area contributed by atoms with E-state index in [1.165, 1.54) is 6.07 Å². The van der Waals surface area contributed by atoms with Gasteiger partial charge in [0.1, 0.15) is 0 Å². The van der Waals surface area contributed by atoms with Crippen molar-refractivity contribution >= 4 is 35.1 Å².